The quantitative estimate of drug-likeness (QED) is 0.869. The van der Waals surface area contributed by atoms with E-state index in [-0.39, 0.29) is 6.04 Å². The summed E-state index contributed by atoms with van der Waals surface area (Å²) in [7, 11) is 0. The van der Waals surface area contributed by atoms with E-state index in [9.17, 15) is 18.0 Å². The summed E-state index contributed by atoms with van der Waals surface area (Å²) in [6, 6.07) is 4.89. The third kappa shape index (κ3) is 4.74. The zero-order valence-electron chi connectivity index (χ0n) is 12.3. The molecule has 0 aliphatic carbocycles. The number of aliphatic carboxylic acids is 1. The molecule has 118 valence electrons. The van der Waals surface area contributed by atoms with Gasteiger partial charge in [-0.3, -0.25) is 9.69 Å². The predicted molar refractivity (Wildman–Crippen MR) is 73.9 cm³/mol. The summed E-state index contributed by atoms with van der Waals surface area (Å²) < 4.78 is 38.2. The zero-order valence-corrected chi connectivity index (χ0v) is 12.3. The number of nitrogens with zero attached hydrogens (tertiary/aromatic N) is 1. The summed E-state index contributed by atoms with van der Waals surface area (Å²) in [5.74, 6) is -1.48. The van der Waals surface area contributed by atoms with Crippen LogP contribution in [0.5, 0.6) is 0 Å². The van der Waals surface area contributed by atoms with Gasteiger partial charge in [0, 0.05) is 12.6 Å². The second-order valence-electron chi connectivity index (χ2n) is 5.13. The van der Waals surface area contributed by atoms with Crippen molar-refractivity contribution >= 4 is 5.97 Å². The summed E-state index contributed by atoms with van der Waals surface area (Å²) in [5.41, 5.74) is -0.154. The molecule has 2 unspecified atom stereocenters. The molecular formula is C15H20F3NO2. The molecule has 2 atom stereocenters. The summed E-state index contributed by atoms with van der Waals surface area (Å²) in [6.45, 7) is 6.09. The van der Waals surface area contributed by atoms with Gasteiger partial charge in [-0.2, -0.15) is 13.2 Å². The third-order valence-corrected chi connectivity index (χ3v) is 3.58. The Kier molecular flexibility index (Phi) is 5.78. The van der Waals surface area contributed by atoms with Gasteiger partial charge in [0.05, 0.1) is 11.5 Å². The Morgan fingerprint density at radius 2 is 1.95 bits per heavy atom. The van der Waals surface area contributed by atoms with Crippen molar-refractivity contribution in [1.29, 1.82) is 0 Å². The number of hydrogen-bond acceptors (Lipinski definition) is 2. The highest BCUT2D eigenvalue weighted by molar-refractivity contribution is 5.69. The normalized spacial score (nSPS) is 15.0. The molecule has 0 amide bonds. The van der Waals surface area contributed by atoms with E-state index in [4.69, 9.17) is 5.11 Å². The summed E-state index contributed by atoms with van der Waals surface area (Å²) in [4.78, 5) is 12.8. The van der Waals surface area contributed by atoms with Crippen molar-refractivity contribution in [2.45, 2.75) is 33.0 Å². The van der Waals surface area contributed by atoms with E-state index in [0.717, 1.165) is 12.1 Å². The molecule has 1 rings (SSSR count). The minimum Gasteiger partial charge on any atom is -0.481 e. The van der Waals surface area contributed by atoms with Crippen LogP contribution in [0.2, 0.25) is 0 Å². The first kappa shape index (κ1) is 17.5. The number of benzene rings is 1. The van der Waals surface area contributed by atoms with Gasteiger partial charge in [-0.1, -0.05) is 26.0 Å². The predicted octanol–water partition coefficient (Wildman–Crippen LogP) is 3.81. The molecule has 0 bridgehead atoms. The first-order chi connectivity index (χ1) is 9.66. The van der Waals surface area contributed by atoms with Gasteiger partial charge in [-0.25, -0.2) is 0 Å². The van der Waals surface area contributed by atoms with Gasteiger partial charge >= 0.3 is 12.1 Å². The van der Waals surface area contributed by atoms with Crippen LogP contribution in [-0.4, -0.2) is 29.1 Å². The third-order valence-electron chi connectivity index (χ3n) is 3.58. The van der Waals surface area contributed by atoms with Gasteiger partial charge in [0.25, 0.3) is 0 Å². The molecule has 0 aliphatic rings. The minimum atomic E-state index is -4.37. The molecule has 0 fully saturated rings. The van der Waals surface area contributed by atoms with Crippen LogP contribution in [0.3, 0.4) is 0 Å². The molecule has 0 aliphatic heterocycles. The van der Waals surface area contributed by atoms with Crippen LogP contribution in [0.4, 0.5) is 13.2 Å². The Hall–Kier alpha value is -1.56. The lowest BCUT2D eigenvalue weighted by Gasteiger charge is -2.30. The largest absolute Gasteiger partial charge is 0.481 e. The summed E-state index contributed by atoms with van der Waals surface area (Å²) in [6.07, 6.45) is -4.37. The average molecular weight is 303 g/mol. The molecule has 0 aromatic heterocycles. The van der Waals surface area contributed by atoms with Crippen molar-refractivity contribution < 1.29 is 23.1 Å². The van der Waals surface area contributed by atoms with Crippen LogP contribution >= 0.6 is 0 Å². The van der Waals surface area contributed by atoms with E-state index >= 15 is 0 Å². The van der Waals surface area contributed by atoms with Crippen LogP contribution in [0, 0.1) is 5.92 Å². The van der Waals surface area contributed by atoms with Gasteiger partial charge in [0.1, 0.15) is 0 Å². The maximum absolute atomic E-state index is 12.7. The highest BCUT2D eigenvalue weighted by Gasteiger charge is 2.31. The second-order valence-corrected chi connectivity index (χ2v) is 5.13. The SMILES string of the molecule is CCN(CC(C)C(=O)O)C(C)c1cccc(C(F)(F)F)c1. The van der Waals surface area contributed by atoms with Crippen LogP contribution in [-0.2, 0) is 11.0 Å². The maximum atomic E-state index is 12.7. The smallest absolute Gasteiger partial charge is 0.416 e. The minimum absolute atomic E-state index is 0.279. The fraction of sp³-hybridized carbons (Fsp3) is 0.533. The van der Waals surface area contributed by atoms with E-state index in [2.05, 4.69) is 0 Å². The number of carboxylic acids is 1. The topological polar surface area (TPSA) is 40.5 Å². The van der Waals surface area contributed by atoms with Gasteiger partial charge in [0.15, 0.2) is 0 Å². The van der Waals surface area contributed by atoms with Crippen LogP contribution in [0.1, 0.15) is 37.9 Å². The first-order valence-electron chi connectivity index (χ1n) is 6.80. The molecule has 1 N–H and O–H groups in total. The van der Waals surface area contributed by atoms with Crippen molar-refractivity contribution in [3.8, 4) is 0 Å². The van der Waals surface area contributed by atoms with Gasteiger partial charge < -0.3 is 5.11 Å². The molecule has 6 heteroatoms. The van der Waals surface area contributed by atoms with Crippen molar-refractivity contribution in [2.75, 3.05) is 13.1 Å². The average Bonchev–Trinajstić information content (AvgIpc) is 2.42. The molecule has 0 saturated carbocycles. The van der Waals surface area contributed by atoms with Gasteiger partial charge in [-0.05, 0) is 31.2 Å². The molecule has 0 saturated heterocycles. The molecule has 0 radical (unpaired) electrons. The van der Waals surface area contributed by atoms with Gasteiger partial charge in [0.2, 0.25) is 0 Å². The number of rotatable bonds is 6. The van der Waals surface area contributed by atoms with E-state index in [0.29, 0.717) is 18.7 Å². The zero-order chi connectivity index (χ0) is 16.2. The van der Waals surface area contributed by atoms with Crippen LogP contribution in [0.15, 0.2) is 24.3 Å². The van der Waals surface area contributed by atoms with Crippen LogP contribution < -0.4 is 0 Å². The molecule has 0 heterocycles. The summed E-state index contributed by atoms with van der Waals surface area (Å²) in [5, 5.41) is 8.95. The van der Waals surface area contributed by atoms with Crippen molar-refractivity contribution in [3.05, 3.63) is 35.4 Å². The maximum Gasteiger partial charge on any atom is 0.416 e. The lowest BCUT2D eigenvalue weighted by Crippen LogP contribution is -2.34. The highest BCUT2D eigenvalue weighted by Crippen LogP contribution is 2.31. The van der Waals surface area contributed by atoms with E-state index < -0.39 is 23.6 Å². The fourth-order valence-corrected chi connectivity index (χ4v) is 2.18. The molecular weight excluding hydrogens is 283 g/mol. The lowest BCUT2D eigenvalue weighted by atomic mass is 10.0. The van der Waals surface area contributed by atoms with Crippen molar-refractivity contribution in [2.24, 2.45) is 5.92 Å². The summed E-state index contributed by atoms with van der Waals surface area (Å²) >= 11 is 0. The number of halogens is 3. The molecule has 3 nitrogen and oxygen atoms in total. The fourth-order valence-electron chi connectivity index (χ4n) is 2.18. The molecule has 1 aromatic rings. The number of alkyl halides is 3. The van der Waals surface area contributed by atoms with Crippen LogP contribution in [0.25, 0.3) is 0 Å². The molecule has 1 aromatic carbocycles. The number of carboxylic acid groups (broad SMARTS) is 1. The Balaban J connectivity index is 2.95. The highest BCUT2D eigenvalue weighted by atomic mass is 19.4. The van der Waals surface area contributed by atoms with Crippen molar-refractivity contribution in [3.63, 3.8) is 0 Å². The number of carbonyl (C=O) groups is 1. The molecule has 21 heavy (non-hydrogen) atoms. The second kappa shape index (κ2) is 6.93. The van der Waals surface area contributed by atoms with Gasteiger partial charge in [-0.15, -0.1) is 0 Å². The van der Waals surface area contributed by atoms with E-state index in [1.165, 1.54) is 6.07 Å². The standard InChI is InChI=1S/C15H20F3NO2/c1-4-19(9-10(2)14(20)21)11(3)12-6-5-7-13(8-12)15(16,17)18/h5-8,10-11H,4,9H2,1-3H3,(H,20,21). The Bertz CT molecular complexity index is 488. The van der Waals surface area contributed by atoms with E-state index in [1.807, 2.05) is 11.8 Å². The molecule has 0 spiro atoms. The first-order valence-corrected chi connectivity index (χ1v) is 6.80. The monoisotopic (exact) mass is 303 g/mol. The Labute approximate surface area is 122 Å². The Morgan fingerprint density at radius 1 is 1.33 bits per heavy atom. The van der Waals surface area contributed by atoms with E-state index in [1.54, 1.807) is 19.9 Å². The Morgan fingerprint density at radius 3 is 2.43 bits per heavy atom. The number of hydrogen-bond donors (Lipinski definition) is 1. The van der Waals surface area contributed by atoms with Crippen molar-refractivity contribution in [1.82, 2.24) is 4.90 Å². The lowest BCUT2D eigenvalue weighted by molar-refractivity contribution is -0.142.